The number of sulfonamides is 1. The summed E-state index contributed by atoms with van der Waals surface area (Å²) in [5.41, 5.74) is 0.803. The van der Waals surface area contributed by atoms with Gasteiger partial charge in [-0.25, -0.2) is 13.4 Å². The highest BCUT2D eigenvalue weighted by molar-refractivity contribution is 9.10. The Morgan fingerprint density at radius 3 is 2.94 bits per heavy atom. The summed E-state index contributed by atoms with van der Waals surface area (Å²) < 4.78 is 27.8. The standard InChI is InChI=1S/C11H16BrN3O2S/c1-8-5-9(12)6-14-11(8)15-18(16,17)10-3-2-4-13-7-10/h5-6,10,13H,2-4,7H2,1H3,(H,14,15). The summed E-state index contributed by atoms with van der Waals surface area (Å²) in [6.45, 7) is 3.22. The number of hydrogen-bond acceptors (Lipinski definition) is 4. The van der Waals surface area contributed by atoms with Crippen molar-refractivity contribution in [3.8, 4) is 0 Å². The highest BCUT2D eigenvalue weighted by atomic mass is 79.9. The molecule has 1 aromatic rings. The first-order valence-electron chi connectivity index (χ1n) is 5.83. The molecule has 1 unspecified atom stereocenters. The molecule has 7 heteroatoms. The highest BCUT2D eigenvalue weighted by Gasteiger charge is 2.27. The highest BCUT2D eigenvalue weighted by Crippen LogP contribution is 2.20. The Labute approximate surface area is 116 Å². The second-order valence-corrected chi connectivity index (χ2v) is 7.31. The molecule has 2 heterocycles. The first-order valence-corrected chi connectivity index (χ1v) is 8.17. The number of aryl methyl sites for hydroxylation is 1. The molecule has 2 N–H and O–H groups in total. The van der Waals surface area contributed by atoms with Crippen LogP contribution in [0.4, 0.5) is 5.82 Å². The van der Waals surface area contributed by atoms with Gasteiger partial charge in [0.25, 0.3) is 0 Å². The summed E-state index contributed by atoms with van der Waals surface area (Å²) in [4.78, 5) is 4.10. The van der Waals surface area contributed by atoms with Crippen molar-refractivity contribution in [2.75, 3.05) is 17.8 Å². The van der Waals surface area contributed by atoms with Crippen molar-refractivity contribution in [3.05, 3.63) is 22.3 Å². The van der Waals surface area contributed by atoms with E-state index in [4.69, 9.17) is 0 Å². The van der Waals surface area contributed by atoms with Crippen molar-refractivity contribution in [1.29, 1.82) is 0 Å². The molecule has 0 radical (unpaired) electrons. The van der Waals surface area contributed by atoms with E-state index >= 15 is 0 Å². The third kappa shape index (κ3) is 3.21. The van der Waals surface area contributed by atoms with Gasteiger partial charge in [-0.1, -0.05) is 0 Å². The van der Waals surface area contributed by atoms with Gasteiger partial charge in [0.15, 0.2) is 0 Å². The molecule has 18 heavy (non-hydrogen) atoms. The lowest BCUT2D eigenvalue weighted by atomic mass is 10.2. The van der Waals surface area contributed by atoms with Crippen LogP contribution in [0.15, 0.2) is 16.7 Å². The normalized spacial score (nSPS) is 20.7. The van der Waals surface area contributed by atoms with Gasteiger partial charge in [0.05, 0.1) is 5.25 Å². The van der Waals surface area contributed by atoms with Crippen LogP contribution in [0.3, 0.4) is 0 Å². The Bertz CT molecular complexity index is 527. The molecule has 1 aliphatic rings. The van der Waals surface area contributed by atoms with Crippen LogP contribution in [0.25, 0.3) is 0 Å². The summed E-state index contributed by atoms with van der Waals surface area (Å²) in [5.74, 6) is 0.406. The van der Waals surface area contributed by atoms with E-state index in [1.54, 1.807) is 6.20 Å². The SMILES string of the molecule is Cc1cc(Br)cnc1NS(=O)(=O)C1CCCNC1. The zero-order valence-corrected chi connectivity index (χ0v) is 12.5. The van der Waals surface area contributed by atoms with Gasteiger partial charge in [-0.3, -0.25) is 4.72 Å². The van der Waals surface area contributed by atoms with E-state index in [0.717, 1.165) is 23.0 Å². The lowest BCUT2D eigenvalue weighted by Gasteiger charge is -2.23. The van der Waals surface area contributed by atoms with Crippen LogP contribution in [0.1, 0.15) is 18.4 Å². The molecule has 5 nitrogen and oxygen atoms in total. The number of nitrogens with one attached hydrogen (secondary N) is 2. The topological polar surface area (TPSA) is 71.1 Å². The lowest BCUT2D eigenvalue weighted by Crippen LogP contribution is -2.41. The van der Waals surface area contributed by atoms with E-state index in [9.17, 15) is 8.42 Å². The molecule has 1 saturated heterocycles. The molecule has 0 spiro atoms. The first kappa shape index (κ1) is 13.8. The average molecular weight is 334 g/mol. The number of anilines is 1. The number of rotatable bonds is 3. The van der Waals surface area contributed by atoms with E-state index in [1.807, 2.05) is 13.0 Å². The smallest absolute Gasteiger partial charge is 0.238 e. The lowest BCUT2D eigenvalue weighted by molar-refractivity contribution is 0.499. The van der Waals surface area contributed by atoms with Crippen molar-refractivity contribution >= 4 is 31.8 Å². The van der Waals surface area contributed by atoms with Crippen LogP contribution < -0.4 is 10.0 Å². The molecule has 1 fully saturated rings. The van der Waals surface area contributed by atoms with Crippen LogP contribution in [0.2, 0.25) is 0 Å². The third-order valence-corrected chi connectivity index (χ3v) is 5.17. The quantitative estimate of drug-likeness (QED) is 0.882. The Balaban J connectivity index is 2.16. The van der Waals surface area contributed by atoms with Gasteiger partial charge in [-0.2, -0.15) is 0 Å². The molecule has 1 aliphatic heterocycles. The molecular weight excluding hydrogens is 318 g/mol. The minimum atomic E-state index is -3.36. The second kappa shape index (κ2) is 5.54. The number of aromatic nitrogens is 1. The van der Waals surface area contributed by atoms with Crippen LogP contribution >= 0.6 is 15.9 Å². The molecule has 0 aliphatic carbocycles. The van der Waals surface area contributed by atoms with Crippen LogP contribution in [0.5, 0.6) is 0 Å². The van der Waals surface area contributed by atoms with Gasteiger partial charge in [0.1, 0.15) is 5.82 Å². The van der Waals surface area contributed by atoms with Crippen molar-refractivity contribution < 1.29 is 8.42 Å². The maximum atomic E-state index is 12.2. The number of halogens is 1. The van der Waals surface area contributed by atoms with E-state index in [-0.39, 0.29) is 5.25 Å². The van der Waals surface area contributed by atoms with E-state index in [1.165, 1.54) is 0 Å². The summed E-state index contributed by atoms with van der Waals surface area (Å²) in [7, 11) is -3.36. The van der Waals surface area contributed by atoms with E-state index in [0.29, 0.717) is 18.8 Å². The van der Waals surface area contributed by atoms with Crippen LogP contribution in [-0.4, -0.2) is 31.7 Å². The van der Waals surface area contributed by atoms with E-state index < -0.39 is 10.0 Å². The summed E-state index contributed by atoms with van der Waals surface area (Å²) >= 11 is 3.30. The van der Waals surface area contributed by atoms with Crippen molar-refractivity contribution in [3.63, 3.8) is 0 Å². The number of nitrogens with zero attached hydrogens (tertiary/aromatic N) is 1. The van der Waals surface area contributed by atoms with Gasteiger partial charge >= 0.3 is 0 Å². The molecular formula is C11H16BrN3O2S. The van der Waals surface area contributed by atoms with Crippen LogP contribution in [-0.2, 0) is 10.0 Å². The zero-order valence-electron chi connectivity index (χ0n) is 10.1. The molecule has 1 aromatic heterocycles. The molecule has 1 atom stereocenters. The molecule has 0 bridgehead atoms. The van der Waals surface area contributed by atoms with E-state index in [2.05, 4.69) is 31.0 Å². The monoisotopic (exact) mass is 333 g/mol. The molecule has 100 valence electrons. The minimum absolute atomic E-state index is 0.379. The predicted octanol–water partition coefficient (Wildman–Crippen LogP) is 1.65. The molecule has 0 amide bonds. The summed E-state index contributed by atoms with van der Waals surface area (Å²) in [5, 5.41) is 2.72. The second-order valence-electron chi connectivity index (χ2n) is 4.43. The Morgan fingerprint density at radius 1 is 1.56 bits per heavy atom. The average Bonchev–Trinajstić information content (AvgIpc) is 2.34. The van der Waals surface area contributed by atoms with Gasteiger partial charge < -0.3 is 5.32 Å². The zero-order chi connectivity index (χ0) is 13.2. The van der Waals surface area contributed by atoms with Gasteiger partial charge in [0.2, 0.25) is 10.0 Å². The number of piperidine rings is 1. The maximum absolute atomic E-state index is 12.2. The maximum Gasteiger partial charge on any atom is 0.238 e. The van der Waals surface area contributed by atoms with Gasteiger partial charge in [-0.15, -0.1) is 0 Å². The summed E-state index contributed by atoms with van der Waals surface area (Å²) in [6, 6.07) is 1.84. The van der Waals surface area contributed by atoms with Gasteiger partial charge in [0, 0.05) is 17.2 Å². The number of pyridine rings is 1. The Hall–Kier alpha value is -0.660. The molecule has 2 rings (SSSR count). The van der Waals surface area contributed by atoms with Crippen LogP contribution in [0, 0.1) is 6.92 Å². The first-order chi connectivity index (χ1) is 8.49. The fourth-order valence-electron chi connectivity index (χ4n) is 1.95. The largest absolute Gasteiger partial charge is 0.315 e. The van der Waals surface area contributed by atoms with Gasteiger partial charge in [-0.05, 0) is 53.9 Å². The summed E-state index contributed by atoms with van der Waals surface area (Å²) in [6.07, 6.45) is 3.17. The Morgan fingerprint density at radius 2 is 2.33 bits per heavy atom. The fourth-order valence-corrected chi connectivity index (χ4v) is 3.86. The molecule has 0 aromatic carbocycles. The predicted molar refractivity (Wildman–Crippen MR) is 75.1 cm³/mol. The third-order valence-electron chi connectivity index (χ3n) is 2.97. The van der Waals surface area contributed by atoms with Crippen molar-refractivity contribution in [1.82, 2.24) is 10.3 Å². The van der Waals surface area contributed by atoms with Crippen molar-refractivity contribution in [2.24, 2.45) is 0 Å². The minimum Gasteiger partial charge on any atom is -0.315 e. The fraction of sp³-hybridized carbons (Fsp3) is 0.545. The van der Waals surface area contributed by atoms with Crippen molar-refractivity contribution in [2.45, 2.75) is 25.0 Å². The molecule has 0 saturated carbocycles. The Kier molecular flexibility index (Phi) is 4.24. The number of hydrogen-bond donors (Lipinski definition) is 2.